The first kappa shape index (κ1) is 12.2. The maximum absolute atomic E-state index is 5.86. The Morgan fingerprint density at radius 3 is 2.90 bits per heavy atom. The van der Waals surface area contributed by atoms with Crippen LogP contribution in [0.4, 0.5) is 12.0 Å². The van der Waals surface area contributed by atoms with E-state index in [2.05, 4.69) is 20.0 Å². The summed E-state index contributed by atoms with van der Waals surface area (Å²) in [5, 5.41) is 4.39. The number of fused-ring (bicyclic) bond motifs is 1. The summed E-state index contributed by atoms with van der Waals surface area (Å²) in [6, 6.07) is 8.47. The molecule has 1 fully saturated rings. The zero-order valence-corrected chi connectivity index (χ0v) is 11.7. The van der Waals surface area contributed by atoms with Gasteiger partial charge in [-0.2, -0.15) is 15.1 Å². The summed E-state index contributed by atoms with van der Waals surface area (Å²) in [6.07, 6.45) is 2.03. The first-order valence-electron chi connectivity index (χ1n) is 7.01. The second-order valence-corrected chi connectivity index (χ2v) is 5.27. The van der Waals surface area contributed by atoms with Gasteiger partial charge in [-0.25, -0.2) is 4.68 Å². The number of hydrogen-bond acceptors (Lipinski definition) is 6. The lowest BCUT2D eigenvalue weighted by molar-refractivity contribution is 0.545. The monoisotopic (exact) mass is 284 g/mol. The van der Waals surface area contributed by atoms with Crippen LogP contribution in [0.15, 0.2) is 28.7 Å². The molecule has 4 rings (SSSR count). The van der Waals surface area contributed by atoms with Gasteiger partial charge < -0.3 is 15.1 Å². The molecule has 1 saturated heterocycles. The first-order valence-corrected chi connectivity index (χ1v) is 7.01. The van der Waals surface area contributed by atoms with Gasteiger partial charge in [0.1, 0.15) is 5.52 Å². The molecule has 0 bridgehead atoms. The van der Waals surface area contributed by atoms with Gasteiger partial charge in [-0.05, 0) is 25.0 Å². The number of anilines is 2. The van der Waals surface area contributed by atoms with E-state index in [9.17, 15) is 0 Å². The number of nitrogens with zero attached hydrogens (tertiary/aromatic N) is 5. The van der Waals surface area contributed by atoms with Crippen molar-refractivity contribution in [3.63, 3.8) is 0 Å². The largest absolute Gasteiger partial charge is 0.423 e. The molecule has 7 heteroatoms. The molecule has 0 saturated carbocycles. The summed E-state index contributed by atoms with van der Waals surface area (Å²) in [5.74, 6) is 1.16. The third kappa shape index (κ3) is 1.93. The average Bonchev–Trinajstić information content (AvgIpc) is 3.17. The van der Waals surface area contributed by atoms with Gasteiger partial charge >= 0.3 is 0 Å². The van der Waals surface area contributed by atoms with Crippen molar-refractivity contribution in [2.24, 2.45) is 7.05 Å². The standard InChI is InChI=1S/C14H16N6O/c1-19-13(15)17-12(18-19)10-6-4-8-20(10)14-16-9-5-2-3-7-11(9)21-14/h2-3,5,7,10H,4,6,8H2,1H3,(H2,15,17,18)/t10-/m1/s1. The maximum atomic E-state index is 5.86. The fourth-order valence-electron chi connectivity index (χ4n) is 2.81. The number of nitrogens with two attached hydrogens (primary N) is 1. The van der Waals surface area contributed by atoms with Crippen molar-refractivity contribution in [3.8, 4) is 0 Å². The van der Waals surface area contributed by atoms with Crippen LogP contribution < -0.4 is 10.6 Å². The summed E-state index contributed by atoms with van der Waals surface area (Å²) >= 11 is 0. The van der Waals surface area contributed by atoms with E-state index in [1.165, 1.54) is 0 Å². The van der Waals surface area contributed by atoms with Crippen LogP contribution >= 0.6 is 0 Å². The molecular weight excluding hydrogens is 268 g/mol. The minimum absolute atomic E-state index is 0.0709. The number of oxazole rings is 1. The van der Waals surface area contributed by atoms with Gasteiger partial charge in [-0.3, -0.25) is 0 Å². The Hall–Kier alpha value is -2.57. The molecule has 0 amide bonds. The summed E-state index contributed by atoms with van der Waals surface area (Å²) in [7, 11) is 1.80. The van der Waals surface area contributed by atoms with Gasteiger partial charge in [-0.1, -0.05) is 12.1 Å². The molecule has 0 spiro atoms. The van der Waals surface area contributed by atoms with Crippen molar-refractivity contribution in [2.45, 2.75) is 18.9 Å². The SMILES string of the molecule is Cn1nc([C@H]2CCCN2c2nc3ccccc3o2)nc1N. The van der Waals surface area contributed by atoms with Gasteiger partial charge in [0.15, 0.2) is 11.4 Å². The molecule has 21 heavy (non-hydrogen) atoms. The highest BCUT2D eigenvalue weighted by Crippen LogP contribution is 2.35. The Kier molecular flexibility index (Phi) is 2.60. The zero-order valence-electron chi connectivity index (χ0n) is 11.7. The molecular formula is C14H16N6O. The Bertz CT molecular complexity index is 739. The molecule has 1 atom stereocenters. The average molecular weight is 284 g/mol. The highest BCUT2D eigenvalue weighted by Gasteiger charge is 2.32. The van der Waals surface area contributed by atoms with E-state index < -0.39 is 0 Å². The maximum Gasteiger partial charge on any atom is 0.299 e. The molecule has 0 unspecified atom stereocenters. The van der Waals surface area contributed by atoms with Crippen LogP contribution in [-0.4, -0.2) is 26.3 Å². The van der Waals surface area contributed by atoms with Crippen molar-refractivity contribution >= 4 is 23.1 Å². The van der Waals surface area contributed by atoms with Crippen molar-refractivity contribution in [3.05, 3.63) is 30.1 Å². The number of benzene rings is 1. The second-order valence-electron chi connectivity index (χ2n) is 5.27. The van der Waals surface area contributed by atoms with Crippen LogP contribution in [0.25, 0.3) is 11.1 Å². The van der Waals surface area contributed by atoms with Crippen molar-refractivity contribution in [1.82, 2.24) is 19.7 Å². The van der Waals surface area contributed by atoms with Crippen molar-refractivity contribution in [1.29, 1.82) is 0 Å². The number of rotatable bonds is 2. The zero-order chi connectivity index (χ0) is 14.4. The molecule has 2 aromatic heterocycles. The molecule has 3 aromatic rings. The van der Waals surface area contributed by atoms with Crippen LogP contribution in [-0.2, 0) is 7.05 Å². The van der Waals surface area contributed by atoms with Gasteiger partial charge in [0.25, 0.3) is 6.01 Å². The van der Waals surface area contributed by atoms with Gasteiger partial charge in [-0.15, -0.1) is 0 Å². The lowest BCUT2D eigenvalue weighted by Crippen LogP contribution is -2.23. The molecule has 1 aliphatic heterocycles. The summed E-state index contributed by atoms with van der Waals surface area (Å²) in [5.41, 5.74) is 7.45. The fraction of sp³-hybridized carbons (Fsp3) is 0.357. The van der Waals surface area contributed by atoms with Crippen molar-refractivity contribution in [2.75, 3.05) is 17.2 Å². The summed E-state index contributed by atoms with van der Waals surface area (Å²) < 4.78 is 7.46. The smallest absolute Gasteiger partial charge is 0.299 e. The van der Waals surface area contributed by atoms with E-state index in [-0.39, 0.29) is 6.04 Å². The van der Waals surface area contributed by atoms with Crippen LogP contribution in [0.3, 0.4) is 0 Å². The molecule has 2 N–H and O–H groups in total. The van der Waals surface area contributed by atoms with E-state index in [1.807, 2.05) is 24.3 Å². The van der Waals surface area contributed by atoms with E-state index in [0.717, 1.165) is 36.3 Å². The Morgan fingerprint density at radius 1 is 1.29 bits per heavy atom. The third-order valence-corrected chi connectivity index (χ3v) is 3.89. The topological polar surface area (TPSA) is 86.0 Å². The van der Waals surface area contributed by atoms with Gasteiger partial charge in [0.05, 0.1) is 6.04 Å². The Balaban J connectivity index is 1.72. The van der Waals surface area contributed by atoms with Gasteiger partial charge in [0.2, 0.25) is 5.95 Å². The minimum Gasteiger partial charge on any atom is -0.423 e. The number of aryl methyl sites for hydroxylation is 1. The minimum atomic E-state index is 0.0709. The predicted octanol–water partition coefficient (Wildman–Crippen LogP) is 1.88. The molecule has 1 aromatic carbocycles. The highest BCUT2D eigenvalue weighted by molar-refractivity contribution is 5.74. The Labute approximate surface area is 121 Å². The number of aromatic nitrogens is 4. The normalized spacial score (nSPS) is 18.7. The lowest BCUT2D eigenvalue weighted by atomic mass is 10.2. The van der Waals surface area contributed by atoms with E-state index >= 15 is 0 Å². The molecule has 7 nitrogen and oxygen atoms in total. The van der Waals surface area contributed by atoms with Crippen LogP contribution in [0.5, 0.6) is 0 Å². The highest BCUT2D eigenvalue weighted by atomic mass is 16.4. The van der Waals surface area contributed by atoms with Crippen molar-refractivity contribution < 1.29 is 4.42 Å². The lowest BCUT2D eigenvalue weighted by Gasteiger charge is -2.19. The summed E-state index contributed by atoms with van der Waals surface area (Å²) in [6.45, 7) is 0.885. The molecule has 108 valence electrons. The number of nitrogen functional groups attached to an aromatic ring is 1. The number of hydrogen-bond donors (Lipinski definition) is 1. The first-order chi connectivity index (χ1) is 10.2. The quantitative estimate of drug-likeness (QED) is 0.773. The van der Waals surface area contributed by atoms with Gasteiger partial charge in [0, 0.05) is 13.6 Å². The van der Waals surface area contributed by atoms with Crippen LogP contribution in [0, 0.1) is 0 Å². The van der Waals surface area contributed by atoms with E-state index in [0.29, 0.717) is 12.0 Å². The molecule has 1 aliphatic rings. The Morgan fingerprint density at radius 2 is 2.14 bits per heavy atom. The van der Waals surface area contributed by atoms with E-state index in [1.54, 1.807) is 11.7 Å². The van der Waals surface area contributed by atoms with E-state index in [4.69, 9.17) is 10.2 Å². The number of para-hydroxylation sites is 2. The third-order valence-electron chi connectivity index (χ3n) is 3.89. The second kappa shape index (κ2) is 4.47. The predicted molar refractivity (Wildman–Crippen MR) is 78.7 cm³/mol. The summed E-state index contributed by atoms with van der Waals surface area (Å²) in [4.78, 5) is 11.0. The fourth-order valence-corrected chi connectivity index (χ4v) is 2.81. The molecule has 0 radical (unpaired) electrons. The molecule has 3 heterocycles. The molecule has 0 aliphatic carbocycles. The van der Waals surface area contributed by atoms with Crippen LogP contribution in [0.2, 0.25) is 0 Å². The van der Waals surface area contributed by atoms with Crippen LogP contribution in [0.1, 0.15) is 24.7 Å².